The van der Waals surface area contributed by atoms with E-state index < -0.39 is 5.91 Å². The lowest BCUT2D eigenvalue weighted by molar-refractivity contribution is 0.102. The molecule has 6 nitrogen and oxygen atoms in total. The minimum atomic E-state index is -0.393. The molecule has 0 aliphatic carbocycles. The number of carbonyl (C=O) groups excluding carboxylic acids is 1. The van der Waals surface area contributed by atoms with Gasteiger partial charge in [-0.3, -0.25) is 9.78 Å². The van der Waals surface area contributed by atoms with Crippen molar-refractivity contribution in [3.8, 4) is 11.3 Å². The van der Waals surface area contributed by atoms with Crippen LogP contribution in [0.4, 0.5) is 10.2 Å². The molecule has 0 bridgehead atoms. The average molecular weight is 387 g/mol. The van der Waals surface area contributed by atoms with Gasteiger partial charge in [-0.2, -0.15) is 0 Å². The van der Waals surface area contributed by atoms with Gasteiger partial charge in [0.25, 0.3) is 5.91 Å². The molecule has 1 N–H and O–H groups in total. The van der Waals surface area contributed by atoms with Crippen molar-refractivity contribution in [3.63, 3.8) is 0 Å². The van der Waals surface area contributed by atoms with Crippen LogP contribution in [0.1, 0.15) is 21.7 Å². The number of hydrogen-bond donors (Lipinski definition) is 1. The number of anilines is 1. The molecule has 7 heteroatoms. The van der Waals surface area contributed by atoms with Crippen molar-refractivity contribution in [2.45, 2.75) is 13.5 Å². The smallest absolute Gasteiger partial charge is 0.277 e. The molecule has 2 heterocycles. The Labute approximate surface area is 167 Å². The first kappa shape index (κ1) is 18.5. The first-order chi connectivity index (χ1) is 14.1. The maximum Gasteiger partial charge on any atom is 0.277 e. The highest BCUT2D eigenvalue weighted by Gasteiger charge is 2.18. The van der Waals surface area contributed by atoms with E-state index >= 15 is 0 Å². The second-order valence-corrected chi connectivity index (χ2v) is 6.56. The fraction of sp³-hybridized carbons (Fsp3) is 0.0909. The van der Waals surface area contributed by atoms with E-state index in [0.29, 0.717) is 23.6 Å². The SMILES string of the molecule is Cc1cnc(C(=O)Nc2c(-c3ccc(F)cc3)ncn2Cc2ccccc2)cn1. The first-order valence-electron chi connectivity index (χ1n) is 9.05. The summed E-state index contributed by atoms with van der Waals surface area (Å²) in [4.78, 5) is 25.5. The molecule has 29 heavy (non-hydrogen) atoms. The molecular formula is C22H18FN5O. The fourth-order valence-corrected chi connectivity index (χ4v) is 2.91. The second-order valence-electron chi connectivity index (χ2n) is 6.56. The number of aromatic nitrogens is 4. The number of halogens is 1. The van der Waals surface area contributed by atoms with Crippen LogP contribution >= 0.6 is 0 Å². The van der Waals surface area contributed by atoms with E-state index in [0.717, 1.165) is 11.3 Å². The van der Waals surface area contributed by atoms with Gasteiger partial charge in [-0.05, 0) is 36.8 Å². The van der Waals surface area contributed by atoms with Crippen LogP contribution in [0.2, 0.25) is 0 Å². The minimum Gasteiger partial charge on any atom is -0.312 e. The van der Waals surface area contributed by atoms with E-state index in [1.165, 1.54) is 24.5 Å². The predicted octanol–water partition coefficient (Wildman–Crippen LogP) is 4.09. The van der Waals surface area contributed by atoms with Crippen molar-refractivity contribution >= 4 is 11.7 Å². The Morgan fingerprint density at radius 2 is 1.76 bits per heavy atom. The summed E-state index contributed by atoms with van der Waals surface area (Å²) in [6, 6.07) is 15.8. The topological polar surface area (TPSA) is 72.7 Å². The molecule has 0 atom stereocenters. The zero-order valence-electron chi connectivity index (χ0n) is 15.7. The number of carbonyl (C=O) groups is 1. The molecule has 4 aromatic rings. The average Bonchev–Trinajstić information content (AvgIpc) is 3.12. The largest absolute Gasteiger partial charge is 0.312 e. The fourth-order valence-electron chi connectivity index (χ4n) is 2.91. The lowest BCUT2D eigenvalue weighted by atomic mass is 10.1. The van der Waals surface area contributed by atoms with Gasteiger partial charge in [0, 0.05) is 11.8 Å². The zero-order chi connectivity index (χ0) is 20.2. The van der Waals surface area contributed by atoms with Crippen LogP contribution in [-0.4, -0.2) is 25.4 Å². The Morgan fingerprint density at radius 3 is 2.45 bits per heavy atom. The van der Waals surface area contributed by atoms with Crippen molar-refractivity contribution in [2.24, 2.45) is 0 Å². The molecule has 0 saturated heterocycles. The van der Waals surface area contributed by atoms with Gasteiger partial charge in [0.15, 0.2) is 0 Å². The quantitative estimate of drug-likeness (QED) is 0.560. The van der Waals surface area contributed by atoms with Gasteiger partial charge in [-0.1, -0.05) is 30.3 Å². The maximum atomic E-state index is 13.3. The molecular weight excluding hydrogens is 369 g/mol. The molecule has 144 valence electrons. The van der Waals surface area contributed by atoms with E-state index in [4.69, 9.17) is 0 Å². The Balaban J connectivity index is 1.71. The molecule has 0 spiro atoms. The van der Waals surface area contributed by atoms with E-state index in [2.05, 4.69) is 20.3 Å². The van der Waals surface area contributed by atoms with Crippen molar-refractivity contribution < 1.29 is 9.18 Å². The molecule has 0 aliphatic rings. The Hall–Kier alpha value is -3.87. The molecule has 0 fully saturated rings. The third-order valence-electron chi connectivity index (χ3n) is 4.40. The molecule has 0 aliphatic heterocycles. The number of benzene rings is 2. The number of aryl methyl sites for hydroxylation is 1. The summed E-state index contributed by atoms with van der Waals surface area (Å²) in [6.07, 6.45) is 4.62. The molecule has 1 amide bonds. The number of nitrogens with zero attached hydrogens (tertiary/aromatic N) is 4. The maximum absolute atomic E-state index is 13.3. The van der Waals surface area contributed by atoms with Crippen molar-refractivity contribution in [1.29, 1.82) is 0 Å². The third-order valence-corrected chi connectivity index (χ3v) is 4.40. The number of rotatable bonds is 5. The highest BCUT2D eigenvalue weighted by Crippen LogP contribution is 2.28. The summed E-state index contributed by atoms with van der Waals surface area (Å²) in [7, 11) is 0. The standard InChI is InChI=1S/C22H18FN5O/c1-15-11-25-19(12-24-15)22(29)27-21-20(17-7-9-18(23)10-8-17)26-14-28(21)13-16-5-3-2-4-6-16/h2-12,14H,13H2,1H3,(H,27,29). The normalized spacial score (nSPS) is 10.7. The lowest BCUT2D eigenvalue weighted by Crippen LogP contribution is -2.17. The summed E-state index contributed by atoms with van der Waals surface area (Å²) in [5.41, 5.74) is 3.23. The van der Waals surface area contributed by atoms with Crippen LogP contribution in [-0.2, 0) is 6.54 Å². The zero-order valence-corrected chi connectivity index (χ0v) is 15.7. The van der Waals surface area contributed by atoms with E-state index in [1.54, 1.807) is 25.4 Å². The van der Waals surface area contributed by atoms with Gasteiger partial charge in [0.05, 0.1) is 24.8 Å². The molecule has 0 unspecified atom stereocenters. The highest BCUT2D eigenvalue weighted by molar-refractivity contribution is 6.03. The van der Waals surface area contributed by atoms with Gasteiger partial charge in [-0.25, -0.2) is 14.4 Å². The van der Waals surface area contributed by atoms with Gasteiger partial charge in [0.1, 0.15) is 23.0 Å². The first-order valence-corrected chi connectivity index (χ1v) is 9.05. The van der Waals surface area contributed by atoms with Gasteiger partial charge < -0.3 is 9.88 Å². The number of imidazole rings is 1. The van der Waals surface area contributed by atoms with E-state index in [-0.39, 0.29) is 11.5 Å². The summed E-state index contributed by atoms with van der Waals surface area (Å²) in [5.74, 6) is -0.221. The van der Waals surface area contributed by atoms with Crippen LogP contribution < -0.4 is 5.32 Å². The minimum absolute atomic E-state index is 0.202. The number of nitrogens with one attached hydrogen (secondary N) is 1. The Morgan fingerprint density at radius 1 is 1.00 bits per heavy atom. The third kappa shape index (κ3) is 4.19. The second kappa shape index (κ2) is 8.02. The molecule has 2 aromatic carbocycles. The molecule has 0 saturated carbocycles. The monoisotopic (exact) mass is 387 g/mol. The molecule has 2 aromatic heterocycles. The summed E-state index contributed by atoms with van der Waals surface area (Å²) < 4.78 is 15.2. The molecule has 0 radical (unpaired) electrons. The van der Waals surface area contributed by atoms with Gasteiger partial charge in [0.2, 0.25) is 0 Å². The van der Waals surface area contributed by atoms with Crippen LogP contribution in [0.15, 0.2) is 73.3 Å². The summed E-state index contributed by atoms with van der Waals surface area (Å²) >= 11 is 0. The lowest BCUT2D eigenvalue weighted by Gasteiger charge is -2.12. The Bertz CT molecular complexity index is 1120. The molecule has 4 rings (SSSR count). The van der Waals surface area contributed by atoms with Crippen LogP contribution in [0.5, 0.6) is 0 Å². The predicted molar refractivity (Wildman–Crippen MR) is 108 cm³/mol. The van der Waals surface area contributed by atoms with Gasteiger partial charge >= 0.3 is 0 Å². The van der Waals surface area contributed by atoms with Crippen LogP contribution in [0.25, 0.3) is 11.3 Å². The summed E-state index contributed by atoms with van der Waals surface area (Å²) in [6.45, 7) is 2.32. The number of amides is 1. The van der Waals surface area contributed by atoms with Gasteiger partial charge in [-0.15, -0.1) is 0 Å². The van der Waals surface area contributed by atoms with Crippen molar-refractivity contribution in [3.05, 3.63) is 96.1 Å². The van der Waals surface area contributed by atoms with E-state index in [9.17, 15) is 9.18 Å². The van der Waals surface area contributed by atoms with Crippen LogP contribution in [0.3, 0.4) is 0 Å². The highest BCUT2D eigenvalue weighted by atomic mass is 19.1. The van der Waals surface area contributed by atoms with Crippen LogP contribution in [0, 0.1) is 12.7 Å². The number of hydrogen-bond acceptors (Lipinski definition) is 4. The Kier molecular flexibility index (Phi) is 5.11. The van der Waals surface area contributed by atoms with E-state index in [1.807, 2.05) is 34.9 Å². The van der Waals surface area contributed by atoms with Crippen molar-refractivity contribution in [2.75, 3.05) is 5.32 Å². The van der Waals surface area contributed by atoms with Crippen molar-refractivity contribution in [1.82, 2.24) is 19.5 Å². The summed E-state index contributed by atoms with van der Waals surface area (Å²) in [5, 5.41) is 2.89.